The summed E-state index contributed by atoms with van der Waals surface area (Å²) < 4.78 is 40.6. The Kier molecular flexibility index (Phi) is 6.36. The lowest BCUT2D eigenvalue weighted by Crippen LogP contribution is -2.42. The number of aliphatic hydroxyl groups is 1. The molecule has 34 heavy (non-hydrogen) atoms. The van der Waals surface area contributed by atoms with Crippen LogP contribution < -0.4 is 25.6 Å². The largest absolute Gasteiger partial charge is 0.386 e. The van der Waals surface area contributed by atoms with E-state index in [2.05, 4.69) is 16.0 Å². The van der Waals surface area contributed by atoms with Crippen molar-refractivity contribution in [2.75, 3.05) is 27.9 Å². The maximum Gasteiger partial charge on any atom is 0.333 e. The Morgan fingerprint density at radius 2 is 1.91 bits per heavy atom. The maximum atomic E-state index is 14.2. The first kappa shape index (κ1) is 23.8. The number of nitrogens with one attached hydrogen (secondary N) is 4. The molecule has 178 valence electrons. The van der Waals surface area contributed by atoms with Crippen LogP contribution >= 0.6 is 22.9 Å². The molecule has 1 aliphatic rings. The molecule has 0 saturated heterocycles. The number of rotatable bonds is 5. The molecule has 0 spiro atoms. The number of halogens is 2. The van der Waals surface area contributed by atoms with E-state index in [0.29, 0.717) is 0 Å². The lowest BCUT2D eigenvalue weighted by molar-refractivity contribution is 0.170. The van der Waals surface area contributed by atoms with E-state index in [-0.39, 0.29) is 36.9 Å². The number of benzene rings is 2. The van der Waals surface area contributed by atoms with Crippen LogP contribution in [0.3, 0.4) is 0 Å². The van der Waals surface area contributed by atoms with Gasteiger partial charge in [0.2, 0.25) is 0 Å². The highest BCUT2D eigenvalue weighted by molar-refractivity contribution is 7.92. The Labute approximate surface area is 202 Å². The van der Waals surface area contributed by atoms with Crippen LogP contribution in [0.4, 0.5) is 36.7 Å². The van der Waals surface area contributed by atoms with E-state index < -0.39 is 34.1 Å². The summed E-state index contributed by atoms with van der Waals surface area (Å²) in [7, 11) is -2.56. The lowest BCUT2D eigenvalue weighted by atomic mass is 10.1. The number of nitrogens with zero attached hydrogens (tertiary/aromatic N) is 1. The van der Waals surface area contributed by atoms with E-state index in [4.69, 9.17) is 11.6 Å². The highest BCUT2D eigenvalue weighted by atomic mass is 35.5. The summed E-state index contributed by atoms with van der Waals surface area (Å²) in [5.41, 5.74) is 1.06. The fourth-order valence-electron chi connectivity index (χ4n) is 3.26. The molecule has 0 fully saturated rings. The molecule has 1 aromatic heterocycles. The van der Waals surface area contributed by atoms with Crippen molar-refractivity contribution in [1.82, 2.24) is 4.72 Å². The molecule has 1 unspecified atom stereocenters. The third-order valence-electron chi connectivity index (χ3n) is 4.84. The quantitative estimate of drug-likeness (QED) is 0.339. The minimum Gasteiger partial charge on any atom is -0.386 e. The minimum absolute atomic E-state index is 0.119. The third-order valence-corrected chi connectivity index (χ3v) is 7.89. The average Bonchev–Trinajstić information content (AvgIpc) is 3.22. The SMILES string of the molecule is CNc1cc2c(cc1F)C(O)N(c1ccc(NC(=O)NS(=O)(=O)c3ccc(Cl)s3)cc1)C(=O)N2. The molecule has 2 heterocycles. The number of amides is 4. The van der Waals surface area contributed by atoms with Crippen LogP contribution in [0.5, 0.6) is 0 Å². The zero-order valence-corrected chi connectivity index (χ0v) is 19.7. The molecule has 0 radical (unpaired) electrons. The molecular formula is C20H17ClFN5O5S2. The highest BCUT2D eigenvalue weighted by Crippen LogP contribution is 2.37. The van der Waals surface area contributed by atoms with Crippen molar-refractivity contribution in [2.45, 2.75) is 10.4 Å². The normalized spacial score (nSPS) is 15.4. The van der Waals surface area contributed by atoms with Crippen molar-refractivity contribution in [2.24, 2.45) is 0 Å². The van der Waals surface area contributed by atoms with Gasteiger partial charge in [0.25, 0.3) is 10.0 Å². The van der Waals surface area contributed by atoms with Crippen molar-refractivity contribution >= 4 is 67.8 Å². The van der Waals surface area contributed by atoms with Gasteiger partial charge in [-0.15, -0.1) is 11.3 Å². The number of fused-ring (bicyclic) bond motifs is 1. The van der Waals surface area contributed by atoms with Crippen LogP contribution in [-0.4, -0.2) is 32.6 Å². The zero-order chi connectivity index (χ0) is 24.6. The molecule has 0 bridgehead atoms. The van der Waals surface area contributed by atoms with Gasteiger partial charge >= 0.3 is 12.1 Å². The molecule has 3 aromatic rings. The molecule has 2 aromatic carbocycles. The second-order valence-corrected chi connectivity index (χ2v) is 10.6. The van der Waals surface area contributed by atoms with Crippen LogP contribution in [0.25, 0.3) is 0 Å². The third kappa shape index (κ3) is 4.63. The number of sulfonamides is 1. The summed E-state index contributed by atoms with van der Waals surface area (Å²) in [6.07, 6.45) is -1.46. The summed E-state index contributed by atoms with van der Waals surface area (Å²) in [5, 5.41) is 18.3. The second-order valence-electron chi connectivity index (χ2n) is 7.01. The molecular weight excluding hydrogens is 509 g/mol. The fraction of sp³-hybridized carbons (Fsp3) is 0.100. The first-order valence-corrected chi connectivity index (χ1v) is 12.3. The van der Waals surface area contributed by atoms with Gasteiger partial charge in [-0.25, -0.2) is 27.1 Å². The van der Waals surface area contributed by atoms with Crippen LogP contribution in [0, 0.1) is 5.82 Å². The summed E-state index contributed by atoms with van der Waals surface area (Å²) in [4.78, 5) is 25.7. The van der Waals surface area contributed by atoms with Gasteiger partial charge in [0, 0.05) is 24.0 Å². The smallest absolute Gasteiger partial charge is 0.333 e. The van der Waals surface area contributed by atoms with Gasteiger partial charge in [-0.3, -0.25) is 4.90 Å². The van der Waals surface area contributed by atoms with Crippen molar-refractivity contribution in [3.63, 3.8) is 0 Å². The van der Waals surface area contributed by atoms with Gasteiger partial charge < -0.3 is 21.1 Å². The van der Waals surface area contributed by atoms with Crippen molar-refractivity contribution in [3.8, 4) is 0 Å². The predicted octanol–water partition coefficient (Wildman–Crippen LogP) is 4.14. The summed E-state index contributed by atoms with van der Waals surface area (Å²) in [5.74, 6) is -0.596. The topological polar surface area (TPSA) is 140 Å². The van der Waals surface area contributed by atoms with Crippen LogP contribution in [0.2, 0.25) is 4.34 Å². The molecule has 4 rings (SSSR count). The van der Waals surface area contributed by atoms with E-state index in [0.717, 1.165) is 22.3 Å². The van der Waals surface area contributed by atoms with Crippen molar-refractivity contribution in [1.29, 1.82) is 0 Å². The Morgan fingerprint density at radius 1 is 1.21 bits per heavy atom. The predicted molar refractivity (Wildman–Crippen MR) is 128 cm³/mol. The number of thiophene rings is 1. The monoisotopic (exact) mass is 525 g/mol. The molecule has 14 heteroatoms. The zero-order valence-electron chi connectivity index (χ0n) is 17.3. The Balaban J connectivity index is 1.48. The first-order chi connectivity index (χ1) is 16.1. The maximum absolute atomic E-state index is 14.2. The molecule has 1 aliphatic heterocycles. The number of aliphatic hydroxyl groups excluding tert-OH is 1. The Hall–Kier alpha value is -3.39. The highest BCUT2D eigenvalue weighted by Gasteiger charge is 2.33. The fourth-order valence-corrected chi connectivity index (χ4v) is 5.65. The summed E-state index contributed by atoms with van der Waals surface area (Å²) in [6.45, 7) is 0. The summed E-state index contributed by atoms with van der Waals surface area (Å²) in [6, 6.07) is 9.20. The van der Waals surface area contributed by atoms with Gasteiger partial charge in [0.1, 0.15) is 10.0 Å². The Morgan fingerprint density at radius 3 is 2.53 bits per heavy atom. The number of carbonyl (C=O) groups excluding carboxylic acids is 2. The van der Waals surface area contributed by atoms with Crippen LogP contribution in [-0.2, 0) is 10.0 Å². The molecule has 0 aliphatic carbocycles. The molecule has 4 amide bonds. The number of carbonyl (C=O) groups is 2. The van der Waals surface area contributed by atoms with E-state index in [1.807, 2.05) is 4.72 Å². The van der Waals surface area contributed by atoms with E-state index in [1.54, 1.807) is 0 Å². The van der Waals surface area contributed by atoms with Gasteiger partial charge in [0.05, 0.1) is 15.7 Å². The standard InChI is InChI=1S/C20H17ClFN5O5S2/c1-23-15-9-14-12(8-13(15)22)18(28)27(20(30)25-14)11-4-2-10(3-5-11)24-19(29)26-34(31,32)17-7-6-16(21)33-17/h2-9,18,23,28H,1H3,(H,25,30)(H2,24,26,29). The first-order valence-electron chi connectivity index (χ1n) is 9.58. The number of anilines is 4. The number of hydrogen-bond donors (Lipinski definition) is 5. The average molecular weight is 526 g/mol. The van der Waals surface area contributed by atoms with Gasteiger partial charge in [-0.2, -0.15) is 0 Å². The van der Waals surface area contributed by atoms with Gasteiger partial charge in [-0.05, 0) is 48.5 Å². The number of hydrogen-bond acceptors (Lipinski definition) is 7. The van der Waals surface area contributed by atoms with E-state index in [1.165, 1.54) is 49.5 Å². The molecule has 10 nitrogen and oxygen atoms in total. The van der Waals surface area contributed by atoms with E-state index >= 15 is 0 Å². The molecule has 5 N–H and O–H groups in total. The molecule has 1 atom stereocenters. The summed E-state index contributed by atoms with van der Waals surface area (Å²) >= 11 is 6.54. The second kappa shape index (κ2) is 9.10. The number of urea groups is 2. The van der Waals surface area contributed by atoms with Crippen molar-refractivity contribution in [3.05, 3.63) is 64.2 Å². The van der Waals surface area contributed by atoms with Crippen LogP contribution in [0.15, 0.2) is 52.7 Å². The van der Waals surface area contributed by atoms with Crippen molar-refractivity contribution < 1.29 is 27.5 Å². The molecule has 0 saturated carbocycles. The van der Waals surface area contributed by atoms with Gasteiger partial charge in [-0.1, -0.05) is 11.6 Å². The van der Waals surface area contributed by atoms with E-state index in [9.17, 15) is 27.5 Å². The van der Waals surface area contributed by atoms with Crippen LogP contribution in [0.1, 0.15) is 11.8 Å². The minimum atomic E-state index is -4.09. The lowest BCUT2D eigenvalue weighted by Gasteiger charge is -2.34. The van der Waals surface area contributed by atoms with Gasteiger partial charge in [0.15, 0.2) is 6.23 Å². The Bertz CT molecular complexity index is 1380.